The van der Waals surface area contributed by atoms with Crippen molar-refractivity contribution in [3.8, 4) is 0 Å². The molecule has 3 atom stereocenters. The van der Waals surface area contributed by atoms with Gasteiger partial charge in [0.15, 0.2) is 0 Å². The molecule has 1 aliphatic rings. The summed E-state index contributed by atoms with van der Waals surface area (Å²) in [6.45, 7) is 6.89. The van der Waals surface area contributed by atoms with E-state index in [2.05, 4.69) is 10.0 Å². The summed E-state index contributed by atoms with van der Waals surface area (Å²) in [4.78, 5) is 29.5. The number of carbonyl (C=O) groups excluding carboxylic acids is 2. The summed E-state index contributed by atoms with van der Waals surface area (Å²) in [6, 6.07) is 18.6. The van der Waals surface area contributed by atoms with Crippen molar-refractivity contribution >= 4 is 21.8 Å². The third-order valence-corrected chi connectivity index (χ3v) is 10.5. The van der Waals surface area contributed by atoms with Crippen molar-refractivity contribution < 1.29 is 31.9 Å². The number of aliphatic hydroxyl groups excluding tert-OH is 1. The third kappa shape index (κ3) is 10.1. The number of allylic oxidation sites excluding steroid dienone is 1. The van der Waals surface area contributed by atoms with Gasteiger partial charge < -0.3 is 21.1 Å². The van der Waals surface area contributed by atoms with Crippen LogP contribution in [0.2, 0.25) is 0 Å². The monoisotopic (exact) mass is 722 g/mol. The molecule has 3 aromatic rings. The van der Waals surface area contributed by atoms with E-state index in [1.54, 1.807) is 23.1 Å². The lowest BCUT2D eigenvalue weighted by Crippen LogP contribution is -2.54. The smallest absolute Gasteiger partial charge is 0.261 e. The second kappa shape index (κ2) is 17.7. The van der Waals surface area contributed by atoms with Crippen molar-refractivity contribution in [1.82, 2.24) is 14.9 Å². The highest BCUT2D eigenvalue weighted by molar-refractivity contribution is 7.89. The van der Waals surface area contributed by atoms with Crippen LogP contribution in [0.25, 0.3) is 0 Å². The van der Waals surface area contributed by atoms with Crippen LogP contribution in [-0.4, -0.2) is 56.0 Å². The highest BCUT2D eigenvalue weighted by Crippen LogP contribution is 2.46. The van der Waals surface area contributed by atoms with Gasteiger partial charge in [0.1, 0.15) is 11.6 Å². The lowest BCUT2D eigenvalue weighted by atomic mass is 9.63. The number of nitrogens with one attached hydrogen (secondary N) is 2. The number of rotatable bonds is 18. The Morgan fingerprint density at radius 1 is 0.922 bits per heavy atom. The van der Waals surface area contributed by atoms with Crippen LogP contribution in [0.1, 0.15) is 56.7 Å². The first kappa shape index (κ1) is 39.4. The number of halogens is 2. The Labute approximate surface area is 299 Å². The summed E-state index contributed by atoms with van der Waals surface area (Å²) in [7, 11) is -4.21. The molecule has 2 amide bonds. The standard InChI is InChI=1S/C39H48F2N4O5S/c1-4-15-45(16-5-2)38(48)39(23-30(37(42)47)21-33(24-39)44-51(49,50)34-13-8-7-9-14-34)35(20-29-18-31(40)22-32(41)19-29)36(46)26-43-25-28-12-10-11-27(6-3)17-28/h7-14,17-19,21-22,24,35-36,43-44,46H,4-6,15-16,20,23,25-26H2,1-3H3,(H2,42,47)/t35-,36+,39?/m1/s1. The molecule has 1 unspecified atom stereocenters. The number of carbonyl (C=O) groups is 2. The van der Waals surface area contributed by atoms with Crippen molar-refractivity contribution in [2.45, 2.75) is 70.4 Å². The normalized spacial score (nSPS) is 17.2. The second-order valence-corrected chi connectivity index (χ2v) is 14.7. The van der Waals surface area contributed by atoms with Crippen LogP contribution < -0.4 is 15.8 Å². The number of primary amides is 1. The van der Waals surface area contributed by atoms with Crippen LogP contribution in [0, 0.1) is 23.0 Å². The largest absolute Gasteiger partial charge is 0.391 e. The van der Waals surface area contributed by atoms with Crippen LogP contribution in [0.15, 0.2) is 101 Å². The molecule has 0 spiro atoms. The minimum Gasteiger partial charge on any atom is -0.391 e. The Balaban J connectivity index is 1.88. The number of hydrogen-bond acceptors (Lipinski definition) is 6. The summed E-state index contributed by atoms with van der Waals surface area (Å²) < 4.78 is 58.8. The molecule has 0 radical (unpaired) electrons. The summed E-state index contributed by atoms with van der Waals surface area (Å²) >= 11 is 0. The van der Waals surface area contributed by atoms with Gasteiger partial charge in [-0.15, -0.1) is 0 Å². The molecule has 4 rings (SSSR count). The number of nitrogens with two attached hydrogens (primary N) is 1. The van der Waals surface area contributed by atoms with E-state index in [1.807, 2.05) is 45.0 Å². The molecule has 0 bridgehead atoms. The number of benzene rings is 3. The molecule has 0 aromatic heterocycles. The minimum atomic E-state index is -4.21. The Hall–Kier alpha value is -4.39. The third-order valence-electron chi connectivity index (χ3n) is 9.11. The van der Waals surface area contributed by atoms with Gasteiger partial charge in [-0.2, -0.15) is 0 Å². The fourth-order valence-corrected chi connectivity index (χ4v) is 7.81. The molecule has 1 aliphatic carbocycles. The maximum absolute atomic E-state index is 15.0. The van der Waals surface area contributed by atoms with E-state index in [0.29, 0.717) is 32.5 Å². The number of aryl methyl sites for hydroxylation is 1. The second-order valence-electron chi connectivity index (χ2n) is 13.0. The Kier molecular flexibility index (Phi) is 13.7. The topological polar surface area (TPSA) is 142 Å². The number of sulfonamides is 1. The SMILES string of the molecule is CCCN(CCC)C(=O)C1([C@H](Cc2cc(F)cc(F)c2)[C@@H](O)CNCc2cccc(CC)c2)C=C(NS(=O)(=O)c2ccccc2)C=C(C(N)=O)C1. The quantitative estimate of drug-likeness (QED) is 0.143. The van der Waals surface area contributed by atoms with Crippen LogP contribution in [-0.2, 0) is 39.0 Å². The number of hydrogen-bond donors (Lipinski definition) is 4. The van der Waals surface area contributed by atoms with E-state index in [-0.39, 0.29) is 41.1 Å². The molecule has 51 heavy (non-hydrogen) atoms. The molecule has 9 nitrogen and oxygen atoms in total. The molecular formula is C39H48F2N4O5S. The average Bonchev–Trinajstić information content (AvgIpc) is 3.09. The van der Waals surface area contributed by atoms with Crippen LogP contribution in [0.5, 0.6) is 0 Å². The van der Waals surface area contributed by atoms with Crippen molar-refractivity contribution in [2.24, 2.45) is 17.1 Å². The highest BCUT2D eigenvalue weighted by Gasteiger charge is 2.51. The van der Waals surface area contributed by atoms with Gasteiger partial charge in [-0.25, -0.2) is 17.2 Å². The fourth-order valence-electron chi connectivity index (χ4n) is 6.75. The van der Waals surface area contributed by atoms with E-state index < -0.39 is 50.9 Å². The molecule has 0 saturated carbocycles. The maximum Gasteiger partial charge on any atom is 0.261 e. The molecule has 0 aliphatic heterocycles. The molecular weight excluding hydrogens is 675 g/mol. The van der Waals surface area contributed by atoms with E-state index in [4.69, 9.17) is 5.73 Å². The first-order valence-corrected chi connectivity index (χ1v) is 18.8. The van der Waals surface area contributed by atoms with E-state index >= 15 is 4.79 Å². The summed E-state index contributed by atoms with van der Waals surface area (Å²) in [5.41, 5.74) is 6.22. The Morgan fingerprint density at radius 2 is 1.57 bits per heavy atom. The van der Waals surface area contributed by atoms with Crippen LogP contribution >= 0.6 is 0 Å². The summed E-state index contributed by atoms with van der Waals surface area (Å²) in [5.74, 6) is -4.13. The van der Waals surface area contributed by atoms with Gasteiger partial charge >= 0.3 is 0 Å². The van der Waals surface area contributed by atoms with Gasteiger partial charge in [-0.05, 0) is 85.2 Å². The highest BCUT2D eigenvalue weighted by atomic mass is 32.2. The molecule has 0 saturated heterocycles. The number of aliphatic hydroxyl groups is 1. The van der Waals surface area contributed by atoms with E-state index in [9.17, 15) is 27.1 Å². The molecule has 274 valence electrons. The first-order valence-electron chi connectivity index (χ1n) is 17.3. The maximum atomic E-state index is 15.0. The van der Waals surface area contributed by atoms with E-state index in [1.165, 1.54) is 24.3 Å². The fraction of sp³-hybridized carbons (Fsp3) is 0.385. The Bertz CT molecular complexity index is 1820. The van der Waals surface area contributed by atoms with Crippen LogP contribution in [0.4, 0.5) is 8.78 Å². The number of amides is 2. The lowest BCUT2D eigenvalue weighted by molar-refractivity contribution is -0.145. The summed E-state index contributed by atoms with van der Waals surface area (Å²) in [5, 5.41) is 15.4. The molecule has 0 heterocycles. The average molecular weight is 723 g/mol. The zero-order valence-corrected chi connectivity index (χ0v) is 30.2. The van der Waals surface area contributed by atoms with Crippen molar-refractivity contribution in [1.29, 1.82) is 0 Å². The predicted octanol–water partition coefficient (Wildman–Crippen LogP) is 5.15. The predicted molar refractivity (Wildman–Crippen MR) is 193 cm³/mol. The molecule has 12 heteroatoms. The zero-order valence-electron chi connectivity index (χ0n) is 29.4. The van der Waals surface area contributed by atoms with Gasteiger partial charge in [-0.1, -0.05) is 63.2 Å². The molecule has 3 aromatic carbocycles. The van der Waals surface area contributed by atoms with E-state index in [0.717, 1.165) is 35.7 Å². The van der Waals surface area contributed by atoms with Crippen LogP contribution in [0.3, 0.4) is 0 Å². The zero-order chi connectivity index (χ0) is 37.2. The van der Waals surface area contributed by atoms with Gasteiger partial charge in [0.25, 0.3) is 10.0 Å². The minimum absolute atomic E-state index is 0.0378. The first-order chi connectivity index (χ1) is 24.3. The molecule has 5 N–H and O–H groups in total. The van der Waals surface area contributed by atoms with Gasteiger partial charge in [0.05, 0.1) is 16.4 Å². The van der Waals surface area contributed by atoms with Crippen molar-refractivity contribution in [3.63, 3.8) is 0 Å². The van der Waals surface area contributed by atoms with Crippen molar-refractivity contribution in [2.75, 3.05) is 19.6 Å². The van der Waals surface area contributed by atoms with Gasteiger partial charge in [0, 0.05) is 49.4 Å². The van der Waals surface area contributed by atoms with Crippen molar-refractivity contribution in [3.05, 3.63) is 125 Å². The Morgan fingerprint density at radius 3 is 2.18 bits per heavy atom. The molecule has 0 fully saturated rings. The number of nitrogens with zero attached hydrogens (tertiary/aromatic N) is 1. The summed E-state index contributed by atoms with van der Waals surface area (Å²) in [6.07, 6.45) is 2.98. The van der Waals surface area contributed by atoms with Gasteiger partial charge in [-0.3, -0.25) is 14.3 Å². The van der Waals surface area contributed by atoms with Gasteiger partial charge in [0.2, 0.25) is 11.8 Å². The lowest BCUT2D eigenvalue weighted by Gasteiger charge is -2.45.